The first-order valence-corrected chi connectivity index (χ1v) is 4.05. The van der Waals surface area contributed by atoms with Crippen LogP contribution in [-0.4, -0.2) is 10.1 Å². The van der Waals surface area contributed by atoms with Gasteiger partial charge in [0.05, 0.1) is 5.56 Å². The average Bonchev–Trinajstić information content (AvgIpc) is 2.15. The largest absolute Gasteiger partial charge is 0.505 e. The molecule has 8 heteroatoms. The van der Waals surface area contributed by atoms with Gasteiger partial charge in [-0.2, -0.15) is 13.2 Å². The van der Waals surface area contributed by atoms with Gasteiger partial charge in [0, 0.05) is 18.3 Å². The molecular formula is C8H7F5N2O. The zero-order valence-corrected chi connectivity index (χ0v) is 7.72. The van der Waals surface area contributed by atoms with Crippen LogP contribution in [0.25, 0.3) is 0 Å². The van der Waals surface area contributed by atoms with Gasteiger partial charge in [0.15, 0.2) is 0 Å². The van der Waals surface area contributed by atoms with Crippen molar-refractivity contribution in [3.05, 3.63) is 23.0 Å². The van der Waals surface area contributed by atoms with E-state index in [4.69, 9.17) is 5.73 Å². The summed E-state index contributed by atoms with van der Waals surface area (Å²) in [6, 6.07) is 0. The van der Waals surface area contributed by atoms with Crippen LogP contribution < -0.4 is 5.73 Å². The lowest BCUT2D eigenvalue weighted by molar-refractivity contribution is -0.138. The fourth-order valence-corrected chi connectivity index (χ4v) is 1.17. The highest BCUT2D eigenvalue weighted by Crippen LogP contribution is 2.38. The number of alkyl halides is 5. The summed E-state index contributed by atoms with van der Waals surface area (Å²) in [6.07, 6.45) is -7.71. The van der Waals surface area contributed by atoms with E-state index < -0.39 is 41.7 Å². The van der Waals surface area contributed by atoms with E-state index in [2.05, 4.69) is 4.98 Å². The highest BCUT2D eigenvalue weighted by Gasteiger charge is 2.36. The zero-order valence-electron chi connectivity index (χ0n) is 7.72. The van der Waals surface area contributed by atoms with Crippen LogP contribution in [0.15, 0.2) is 6.20 Å². The highest BCUT2D eigenvalue weighted by molar-refractivity contribution is 5.42. The van der Waals surface area contributed by atoms with Crippen molar-refractivity contribution < 1.29 is 27.1 Å². The predicted octanol–water partition coefficient (Wildman–Crippen LogP) is 2.20. The van der Waals surface area contributed by atoms with Crippen LogP contribution in [0.5, 0.6) is 5.75 Å². The molecule has 3 nitrogen and oxygen atoms in total. The molecule has 1 aromatic rings. The van der Waals surface area contributed by atoms with Crippen molar-refractivity contribution in [3.63, 3.8) is 0 Å². The second-order valence-electron chi connectivity index (χ2n) is 2.89. The molecule has 1 rings (SSSR count). The molecule has 3 N–H and O–H groups in total. The fraction of sp³-hybridized carbons (Fsp3) is 0.375. The zero-order chi connectivity index (χ0) is 12.5. The van der Waals surface area contributed by atoms with Gasteiger partial charge in [0.25, 0.3) is 6.43 Å². The molecule has 0 aliphatic heterocycles. The Kier molecular flexibility index (Phi) is 3.32. The molecule has 16 heavy (non-hydrogen) atoms. The van der Waals surface area contributed by atoms with Crippen molar-refractivity contribution in [2.75, 3.05) is 0 Å². The molecule has 90 valence electrons. The number of nitrogens with two attached hydrogens (primary N) is 1. The quantitative estimate of drug-likeness (QED) is 0.781. The lowest BCUT2D eigenvalue weighted by Gasteiger charge is -2.14. The molecule has 0 fully saturated rings. The molecule has 0 amide bonds. The number of aromatic nitrogens is 1. The first-order chi connectivity index (χ1) is 7.29. The lowest BCUT2D eigenvalue weighted by atomic mass is 10.1. The third-order valence-electron chi connectivity index (χ3n) is 1.90. The summed E-state index contributed by atoms with van der Waals surface area (Å²) < 4.78 is 61.5. The Morgan fingerprint density at radius 3 is 2.31 bits per heavy atom. The van der Waals surface area contributed by atoms with Crippen molar-refractivity contribution in [1.82, 2.24) is 4.98 Å². The molecule has 0 atom stereocenters. The first-order valence-electron chi connectivity index (χ1n) is 4.05. The second-order valence-corrected chi connectivity index (χ2v) is 2.89. The Morgan fingerprint density at radius 2 is 1.94 bits per heavy atom. The van der Waals surface area contributed by atoms with Gasteiger partial charge in [0.2, 0.25) is 0 Å². The van der Waals surface area contributed by atoms with Crippen LogP contribution in [0.3, 0.4) is 0 Å². The second kappa shape index (κ2) is 4.20. The average molecular weight is 242 g/mol. The van der Waals surface area contributed by atoms with Crippen molar-refractivity contribution in [2.24, 2.45) is 5.73 Å². The molecule has 0 aliphatic rings. The van der Waals surface area contributed by atoms with Gasteiger partial charge < -0.3 is 10.8 Å². The summed E-state index contributed by atoms with van der Waals surface area (Å²) in [4.78, 5) is 2.88. The summed E-state index contributed by atoms with van der Waals surface area (Å²) in [5, 5.41) is 9.18. The number of pyridine rings is 1. The maximum absolute atomic E-state index is 12.4. The number of aromatic hydroxyl groups is 1. The van der Waals surface area contributed by atoms with Crippen LogP contribution >= 0.6 is 0 Å². The maximum Gasteiger partial charge on any atom is 0.418 e. The van der Waals surface area contributed by atoms with E-state index in [9.17, 15) is 27.1 Å². The minimum atomic E-state index is -4.79. The standard InChI is InChI=1S/C8H7F5N2O/c9-7(10)5-6(16)3(1-14)4(2-15-5)8(11,12)13/h2,7,16H,1,14H2. The van der Waals surface area contributed by atoms with Crippen LogP contribution in [0.4, 0.5) is 22.0 Å². The lowest BCUT2D eigenvalue weighted by Crippen LogP contribution is -2.14. The highest BCUT2D eigenvalue weighted by atomic mass is 19.4. The number of halogens is 5. The monoisotopic (exact) mass is 242 g/mol. The van der Waals surface area contributed by atoms with Crippen molar-refractivity contribution in [2.45, 2.75) is 19.1 Å². The molecule has 0 bridgehead atoms. The first kappa shape index (κ1) is 12.6. The van der Waals surface area contributed by atoms with Gasteiger partial charge in [-0.05, 0) is 0 Å². The summed E-state index contributed by atoms with van der Waals surface area (Å²) in [5.74, 6) is -1.20. The summed E-state index contributed by atoms with van der Waals surface area (Å²) in [6.45, 7) is -0.705. The number of hydrogen-bond donors (Lipinski definition) is 2. The topological polar surface area (TPSA) is 59.1 Å². The van der Waals surface area contributed by atoms with Crippen molar-refractivity contribution in [1.29, 1.82) is 0 Å². The SMILES string of the molecule is NCc1c(C(F)(F)F)cnc(C(F)F)c1O. The van der Waals surface area contributed by atoms with Gasteiger partial charge in [-0.3, -0.25) is 4.98 Å². The Labute approximate surface area is 86.7 Å². The molecule has 0 unspecified atom stereocenters. The van der Waals surface area contributed by atoms with Crippen LogP contribution in [0, 0.1) is 0 Å². The van der Waals surface area contributed by atoms with Gasteiger partial charge in [0.1, 0.15) is 11.4 Å². The molecule has 0 spiro atoms. The van der Waals surface area contributed by atoms with E-state index in [-0.39, 0.29) is 6.20 Å². The molecule has 0 aromatic carbocycles. The minimum absolute atomic E-state index is 0.239. The van der Waals surface area contributed by atoms with Gasteiger partial charge in [-0.25, -0.2) is 8.78 Å². The number of rotatable bonds is 2. The molecule has 1 aromatic heterocycles. The fourth-order valence-electron chi connectivity index (χ4n) is 1.17. The predicted molar refractivity (Wildman–Crippen MR) is 43.8 cm³/mol. The van der Waals surface area contributed by atoms with Crippen LogP contribution in [0.1, 0.15) is 23.2 Å². The van der Waals surface area contributed by atoms with E-state index in [1.807, 2.05) is 0 Å². The van der Waals surface area contributed by atoms with E-state index in [1.165, 1.54) is 0 Å². The number of hydrogen-bond acceptors (Lipinski definition) is 3. The van der Waals surface area contributed by atoms with E-state index in [1.54, 1.807) is 0 Å². The molecule has 0 saturated carbocycles. The van der Waals surface area contributed by atoms with E-state index in [0.717, 1.165) is 0 Å². The molecule has 1 heterocycles. The van der Waals surface area contributed by atoms with Crippen molar-refractivity contribution in [3.8, 4) is 5.75 Å². The van der Waals surface area contributed by atoms with Crippen LogP contribution in [-0.2, 0) is 12.7 Å². The normalized spacial score (nSPS) is 12.2. The van der Waals surface area contributed by atoms with Crippen molar-refractivity contribution >= 4 is 0 Å². The maximum atomic E-state index is 12.4. The molecular weight excluding hydrogens is 235 g/mol. The van der Waals surface area contributed by atoms with Gasteiger partial charge in [-0.1, -0.05) is 0 Å². The molecule has 0 saturated heterocycles. The van der Waals surface area contributed by atoms with Gasteiger partial charge in [-0.15, -0.1) is 0 Å². The molecule has 0 aliphatic carbocycles. The Morgan fingerprint density at radius 1 is 1.38 bits per heavy atom. The van der Waals surface area contributed by atoms with E-state index >= 15 is 0 Å². The Balaban J connectivity index is 3.41. The third kappa shape index (κ3) is 2.21. The molecule has 0 radical (unpaired) electrons. The Hall–Kier alpha value is -1.44. The Bertz CT molecular complexity index is 391. The third-order valence-corrected chi connectivity index (χ3v) is 1.90. The van der Waals surface area contributed by atoms with Gasteiger partial charge >= 0.3 is 6.18 Å². The summed E-state index contributed by atoms with van der Waals surface area (Å²) in [5.41, 5.74) is 1.79. The van der Waals surface area contributed by atoms with E-state index in [0.29, 0.717) is 0 Å². The summed E-state index contributed by atoms with van der Waals surface area (Å²) >= 11 is 0. The van der Waals surface area contributed by atoms with Crippen LogP contribution in [0.2, 0.25) is 0 Å². The smallest absolute Gasteiger partial charge is 0.418 e. The summed E-state index contributed by atoms with van der Waals surface area (Å²) in [7, 11) is 0. The number of nitrogens with zero attached hydrogens (tertiary/aromatic N) is 1. The minimum Gasteiger partial charge on any atom is -0.505 e.